The summed E-state index contributed by atoms with van der Waals surface area (Å²) in [6.07, 6.45) is 6.89. The number of likely N-dealkylation sites (N-methyl/N-ethyl adjacent to an activating group) is 1. The molecule has 1 aromatic carbocycles. The van der Waals surface area contributed by atoms with E-state index in [1.165, 1.54) is 37.7 Å². The van der Waals surface area contributed by atoms with Crippen LogP contribution in [0, 0.1) is 0 Å². The summed E-state index contributed by atoms with van der Waals surface area (Å²) >= 11 is 0. The van der Waals surface area contributed by atoms with Gasteiger partial charge in [-0.05, 0) is 51.4 Å². The van der Waals surface area contributed by atoms with Crippen molar-refractivity contribution >= 4 is 0 Å². The van der Waals surface area contributed by atoms with Gasteiger partial charge in [0.05, 0.1) is 6.10 Å². The van der Waals surface area contributed by atoms with Crippen LogP contribution in [0.25, 0.3) is 0 Å². The second-order valence-electron chi connectivity index (χ2n) is 6.45. The first-order chi connectivity index (χ1) is 10.1. The number of hydrogen-bond acceptors (Lipinski definition) is 3. The molecule has 2 rings (SSSR count). The van der Waals surface area contributed by atoms with E-state index in [2.05, 4.69) is 44.0 Å². The Balaban J connectivity index is 2.12. The molecule has 0 aliphatic heterocycles. The van der Waals surface area contributed by atoms with Crippen LogP contribution in [-0.2, 0) is 0 Å². The first kappa shape index (κ1) is 16.3. The second-order valence-corrected chi connectivity index (χ2v) is 6.45. The SMILES string of the molecule is CC(C)Oc1cccc(C(CN)N(C)C2CCCCC2)c1. The minimum Gasteiger partial charge on any atom is -0.491 e. The number of nitrogens with zero attached hydrogens (tertiary/aromatic N) is 1. The van der Waals surface area contributed by atoms with Gasteiger partial charge in [-0.25, -0.2) is 0 Å². The van der Waals surface area contributed by atoms with Crippen LogP contribution < -0.4 is 10.5 Å². The summed E-state index contributed by atoms with van der Waals surface area (Å²) in [5.74, 6) is 0.943. The molecule has 3 heteroatoms. The average Bonchev–Trinajstić information content (AvgIpc) is 2.48. The zero-order chi connectivity index (χ0) is 15.2. The molecular weight excluding hydrogens is 260 g/mol. The number of hydrogen-bond donors (Lipinski definition) is 1. The fourth-order valence-electron chi connectivity index (χ4n) is 3.35. The van der Waals surface area contributed by atoms with Gasteiger partial charge in [0, 0.05) is 18.6 Å². The van der Waals surface area contributed by atoms with Crippen LogP contribution in [0.3, 0.4) is 0 Å². The Morgan fingerprint density at radius 3 is 2.57 bits per heavy atom. The van der Waals surface area contributed by atoms with Crippen LogP contribution in [0.2, 0.25) is 0 Å². The number of rotatable bonds is 6. The molecule has 1 fully saturated rings. The van der Waals surface area contributed by atoms with Crippen molar-refractivity contribution in [3.63, 3.8) is 0 Å². The van der Waals surface area contributed by atoms with Crippen molar-refractivity contribution in [1.82, 2.24) is 4.90 Å². The monoisotopic (exact) mass is 290 g/mol. The topological polar surface area (TPSA) is 38.5 Å². The Labute approximate surface area is 129 Å². The maximum absolute atomic E-state index is 6.08. The highest BCUT2D eigenvalue weighted by Gasteiger charge is 2.25. The summed E-state index contributed by atoms with van der Waals surface area (Å²) in [6.45, 7) is 4.76. The molecular formula is C18H30N2O. The Kier molecular flexibility index (Phi) is 6.07. The van der Waals surface area contributed by atoms with E-state index in [1.807, 2.05) is 6.07 Å². The molecule has 1 unspecified atom stereocenters. The lowest BCUT2D eigenvalue weighted by atomic mass is 9.92. The standard InChI is InChI=1S/C18H30N2O/c1-14(2)21-17-11-7-8-15(12-17)18(13-19)20(3)16-9-5-4-6-10-16/h7-8,11-12,14,16,18H,4-6,9-10,13,19H2,1-3H3. The van der Waals surface area contributed by atoms with Gasteiger partial charge in [0.25, 0.3) is 0 Å². The molecule has 1 saturated carbocycles. The summed E-state index contributed by atoms with van der Waals surface area (Å²) in [6, 6.07) is 9.37. The van der Waals surface area contributed by atoms with E-state index >= 15 is 0 Å². The molecule has 0 saturated heterocycles. The molecule has 1 aliphatic carbocycles. The minimum absolute atomic E-state index is 0.202. The second kappa shape index (κ2) is 7.81. The van der Waals surface area contributed by atoms with E-state index in [0.717, 1.165) is 5.75 Å². The van der Waals surface area contributed by atoms with Crippen molar-refractivity contribution in [3.8, 4) is 5.75 Å². The van der Waals surface area contributed by atoms with Crippen LogP contribution in [0.4, 0.5) is 0 Å². The Morgan fingerprint density at radius 2 is 1.95 bits per heavy atom. The molecule has 3 nitrogen and oxygen atoms in total. The van der Waals surface area contributed by atoms with Crippen molar-refractivity contribution < 1.29 is 4.74 Å². The summed E-state index contributed by atoms with van der Waals surface area (Å²) in [7, 11) is 2.23. The van der Waals surface area contributed by atoms with Crippen molar-refractivity contribution in [3.05, 3.63) is 29.8 Å². The third kappa shape index (κ3) is 4.45. The lowest BCUT2D eigenvalue weighted by Crippen LogP contribution is -2.39. The van der Waals surface area contributed by atoms with Crippen LogP contribution in [0.1, 0.15) is 57.6 Å². The van der Waals surface area contributed by atoms with E-state index in [-0.39, 0.29) is 12.1 Å². The highest BCUT2D eigenvalue weighted by atomic mass is 16.5. The predicted molar refractivity (Wildman–Crippen MR) is 88.6 cm³/mol. The molecule has 118 valence electrons. The first-order valence-corrected chi connectivity index (χ1v) is 8.30. The molecule has 0 bridgehead atoms. The van der Waals surface area contributed by atoms with Gasteiger partial charge in [-0.3, -0.25) is 4.90 Å². The molecule has 0 radical (unpaired) electrons. The molecule has 1 aliphatic rings. The Morgan fingerprint density at radius 1 is 1.24 bits per heavy atom. The maximum atomic E-state index is 6.08. The summed E-state index contributed by atoms with van der Waals surface area (Å²) in [5.41, 5.74) is 7.35. The van der Waals surface area contributed by atoms with E-state index in [1.54, 1.807) is 0 Å². The molecule has 1 aromatic rings. The van der Waals surface area contributed by atoms with Gasteiger partial charge in [0.1, 0.15) is 5.75 Å². The zero-order valence-corrected chi connectivity index (χ0v) is 13.7. The average molecular weight is 290 g/mol. The zero-order valence-electron chi connectivity index (χ0n) is 13.7. The molecule has 2 N–H and O–H groups in total. The van der Waals surface area contributed by atoms with E-state index in [0.29, 0.717) is 12.6 Å². The predicted octanol–water partition coefficient (Wildman–Crippen LogP) is 3.74. The van der Waals surface area contributed by atoms with Gasteiger partial charge < -0.3 is 10.5 Å². The fraction of sp³-hybridized carbons (Fsp3) is 0.667. The Bertz CT molecular complexity index is 427. The van der Waals surface area contributed by atoms with E-state index < -0.39 is 0 Å². The van der Waals surface area contributed by atoms with Gasteiger partial charge in [0.2, 0.25) is 0 Å². The molecule has 0 spiro atoms. The summed E-state index contributed by atoms with van der Waals surface area (Å²) in [4.78, 5) is 2.48. The van der Waals surface area contributed by atoms with Crippen LogP contribution >= 0.6 is 0 Å². The Hall–Kier alpha value is -1.06. The van der Waals surface area contributed by atoms with Crippen molar-refractivity contribution in [2.75, 3.05) is 13.6 Å². The molecule has 21 heavy (non-hydrogen) atoms. The smallest absolute Gasteiger partial charge is 0.120 e. The fourth-order valence-corrected chi connectivity index (χ4v) is 3.35. The third-order valence-corrected chi connectivity index (χ3v) is 4.48. The minimum atomic E-state index is 0.202. The van der Waals surface area contributed by atoms with Gasteiger partial charge in [0.15, 0.2) is 0 Å². The normalized spacial score (nSPS) is 18.2. The van der Waals surface area contributed by atoms with E-state index in [9.17, 15) is 0 Å². The maximum Gasteiger partial charge on any atom is 0.120 e. The molecule has 0 aromatic heterocycles. The molecule has 0 amide bonds. The van der Waals surface area contributed by atoms with Crippen molar-refractivity contribution in [2.24, 2.45) is 5.73 Å². The number of benzene rings is 1. The molecule has 0 heterocycles. The number of ether oxygens (including phenoxy) is 1. The van der Waals surface area contributed by atoms with Crippen molar-refractivity contribution in [1.29, 1.82) is 0 Å². The molecule has 1 atom stereocenters. The van der Waals surface area contributed by atoms with E-state index in [4.69, 9.17) is 10.5 Å². The van der Waals surface area contributed by atoms with Gasteiger partial charge in [-0.15, -0.1) is 0 Å². The van der Waals surface area contributed by atoms with Gasteiger partial charge in [-0.2, -0.15) is 0 Å². The highest BCUT2D eigenvalue weighted by Crippen LogP contribution is 2.30. The highest BCUT2D eigenvalue weighted by molar-refractivity contribution is 5.31. The largest absolute Gasteiger partial charge is 0.491 e. The number of nitrogens with two attached hydrogens (primary N) is 1. The first-order valence-electron chi connectivity index (χ1n) is 8.30. The van der Waals surface area contributed by atoms with Gasteiger partial charge in [-0.1, -0.05) is 31.4 Å². The van der Waals surface area contributed by atoms with Gasteiger partial charge >= 0.3 is 0 Å². The third-order valence-electron chi connectivity index (χ3n) is 4.48. The summed E-state index contributed by atoms with van der Waals surface area (Å²) < 4.78 is 5.82. The van der Waals surface area contributed by atoms with Crippen LogP contribution in [0.5, 0.6) is 5.75 Å². The quantitative estimate of drug-likeness (QED) is 0.867. The van der Waals surface area contributed by atoms with Crippen LogP contribution in [-0.4, -0.2) is 30.6 Å². The lowest BCUT2D eigenvalue weighted by molar-refractivity contribution is 0.140. The summed E-state index contributed by atoms with van der Waals surface area (Å²) in [5, 5.41) is 0. The lowest BCUT2D eigenvalue weighted by Gasteiger charge is -2.37. The van der Waals surface area contributed by atoms with Crippen molar-refractivity contribution in [2.45, 2.75) is 64.1 Å². The van der Waals surface area contributed by atoms with Crippen LogP contribution in [0.15, 0.2) is 24.3 Å².